The summed E-state index contributed by atoms with van der Waals surface area (Å²) in [5.41, 5.74) is 0.604. The van der Waals surface area contributed by atoms with E-state index in [1.807, 2.05) is 6.07 Å². The summed E-state index contributed by atoms with van der Waals surface area (Å²) in [4.78, 5) is 15.9. The fourth-order valence-electron chi connectivity index (χ4n) is 2.08. The number of ketones is 1. The maximum Gasteiger partial charge on any atom is 0.165 e. The zero-order valence-corrected chi connectivity index (χ0v) is 15.0. The highest BCUT2D eigenvalue weighted by atomic mass is 79.9. The lowest BCUT2D eigenvalue weighted by Gasteiger charge is -2.19. The third-order valence-electron chi connectivity index (χ3n) is 3.29. The fourth-order valence-corrected chi connectivity index (χ4v) is 3.61. The SMILES string of the molecule is CCN(CCC(=O)c1ccc(Br)cc1Cl)Cc1cccs1. The molecule has 0 aliphatic rings. The number of Topliss-reactive ketones (excluding diaryl/α,β-unsaturated/α-hetero) is 1. The standard InChI is InChI=1S/C16H17BrClNOS/c1-2-19(11-13-4-3-9-21-13)8-7-16(20)14-6-5-12(17)10-15(14)18/h3-6,9-10H,2,7-8,11H2,1H3. The highest BCUT2D eigenvalue weighted by Gasteiger charge is 2.13. The molecule has 5 heteroatoms. The largest absolute Gasteiger partial charge is 0.298 e. The molecule has 21 heavy (non-hydrogen) atoms. The molecule has 112 valence electrons. The zero-order chi connectivity index (χ0) is 15.2. The third kappa shape index (κ3) is 4.92. The van der Waals surface area contributed by atoms with Crippen molar-refractivity contribution in [2.24, 2.45) is 0 Å². The van der Waals surface area contributed by atoms with E-state index in [1.54, 1.807) is 23.5 Å². The van der Waals surface area contributed by atoms with E-state index in [-0.39, 0.29) is 5.78 Å². The zero-order valence-electron chi connectivity index (χ0n) is 11.8. The van der Waals surface area contributed by atoms with Crippen molar-refractivity contribution in [3.63, 3.8) is 0 Å². The summed E-state index contributed by atoms with van der Waals surface area (Å²) in [6.45, 7) is 4.69. The summed E-state index contributed by atoms with van der Waals surface area (Å²) in [7, 11) is 0. The lowest BCUT2D eigenvalue weighted by Crippen LogP contribution is -2.25. The number of nitrogens with zero attached hydrogens (tertiary/aromatic N) is 1. The van der Waals surface area contributed by atoms with Gasteiger partial charge in [0.15, 0.2) is 5.78 Å². The van der Waals surface area contributed by atoms with E-state index in [0.717, 1.165) is 24.1 Å². The van der Waals surface area contributed by atoms with Gasteiger partial charge in [0.25, 0.3) is 0 Å². The molecule has 1 aromatic heterocycles. The first-order chi connectivity index (χ1) is 10.1. The van der Waals surface area contributed by atoms with Crippen molar-refractivity contribution in [1.82, 2.24) is 4.90 Å². The molecule has 2 nitrogen and oxygen atoms in total. The summed E-state index contributed by atoms with van der Waals surface area (Å²) in [5.74, 6) is 0.0946. The second-order valence-corrected chi connectivity index (χ2v) is 7.10. The predicted octanol–water partition coefficient (Wildman–Crippen LogP) is 5.26. The summed E-state index contributed by atoms with van der Waals surface area (Å²) >= 11 is 11.2. The first kappa shape index (κ1) is 16.7. The minimum Gasteiger partial charge on any atom is -0.298 e. The average molecular weight is 387 g/mol. The molecule has 0 saturated heterocycles. The molecular formula is C16H17BrClNOS. The van der Waals surface area contributed by atoms with Gasteiger partial charge in [-0.2, -0.15) is 0 Å². The Labute approximate surface area is 142 Å². The first-order valence-electron chi connectivity index (χ1n) is 6.83. The van der Waals surface area contributed by atoms with Crippen LogP contribution in [-0.4, -0.2) is 23.8 Å². The molecule has 0 saturated carbocycles. The Kier molecular flexibility index (Phi) is 6.42. The molecule has 0 amide bonds. The minimum absolute atomic E-state index is 0.0946. The third-order valence-corrected chi connectivity index (χ3v) is 4.96. The lowest BCUT2D eigenvalue weighted by atomic mass is 10.1. The van der Waals surface area contributed by atoms with Crippen LogP contribution >= 0.6 is 38.9 Å². The average Bonchev–Trinajstić information content (AvgIpc) is 2.96. The van der Waals surface area contributed by atoms with Crippen molar-refractivity contribution in [1.29, 1.82) is 0 Å². The minimum atomic E-state index is 0.0946. The number of rotatable bonds is 7. The van der Waals surface area contributed by atoms with Crippen molar-refractivity contribution in [2.75, 3.05) is 13.1 Å². The number of halogens is 2. The summed E-state index contributed by atoms with van der Waals surface area (Å²) in [5, 5.41) is 2.59. The molecular weight excluding hydrogens is 370 g/mol. The van der Waals surface area contributed by atoms with E-state index in [4.69, 9.17) is 11.6 Å². The number of carbonyl (C=O) groups is 1. The monoisotopic (exact) mass is 385 g/mol. The highest BCUT2D eigenvalue weighted by Crippen LogP contribution is 2.22. The Morgan fingerprint density at radius 3 is 2.81 bits per heavy atom. The van der Waals surface area contributed by atoms with Crippen LogP contribution in [0.5, 0.6) is 0 Å². The van der Waals surface area contributed by atoms with Crippen LogP contribution in [0.3, 0.4) is 0 Å². The highest BCUT2D eigenvalue weighted by molar-refractivity contribution is 9.10. The van der Waals surface area contributed by atoms with Crippen LogP contribution in [0.15, 0.2) is 40.2 Å². The second-order valence-electron chi connectivity index (χ2n) is 4.75. The van der Waals surface area contributed by atoms with Gasteiger partial charge >= 0.3 is 0 Å². The van der Waals surface area contributed by atoms with Crippen molar-refractivity contribution in [3.05, 3.63) is 55.6 Å². The van der Waals surface area contributed by atoms with Gasteiger partial charge < -0.3 is 0 Å². The van der Waals surface area contributed by atoms with Gasteiger partial charge in [-0.1, -0.05) is 40.5 Å². The van der Waals surface area contributed by atoms with Crippen LogP contribution in [0.2, 0.25) is 5.02 Å². The second kappa shape index (κ2) is 8.08. The molecule has 0 bridgehead atoms. The normalized spacial score (nSPS) is 11.0. The number of hydrogen-bond donors (Lipinski definition) is 0. The van der Waals surface area contributed by atoms with Crippen molar-refractivity contribution < 1.29 is 4.79 Å². The summed E-state index contributed by atoms with van der Waals surface area (Å²) < 4.78 is 0.886. The molecule has 1 aromatic carbocycles. The van der Waals surface area contributed by atoms with Gasteiger partial charge in [-0.15, -0.1) is 11.3 Å². The van der Waals surface area contributed by atoms with E-state index in [9.17, 15) is 4.79 Å². The van der Waals surface area contributed by atoms with Crippen molar-refractivity contribution in [3.8, 4) is 0 Å². The number of hydrogen-bond acceptors (Lipinski definition) is 3. The van der Waals surface area contributed by atoms with Gasteiger partial charge in [0, 0.05) is 34.4 Å². The van der Waals surface area contributed by atoms with E-state index in [1.165, 1.54) is 4.88 Å². The van der Waals surface area contributed by atoms with Crippen LogP contribution in [0, 0.1) is 0 Å². The lowest BCUT2D eigenvalue weighted by molar-refractivity contribution is 0.0964. The molecule has 0 aliphatic heterocycles. The van der Waals surface area contributed by atoms with Crippen LogP contribution in [0.1, 0.15) is 28.6 Å². The maximum absolute atomic E-state index is 12.3. The molecule has 0 atom stereocenters. The molecule has 0 aliphatic carbocycles. The smallest absolute Gasteiger partial charge is 0.165 e. The van der Waals surface area contributed by atoms with Gasteiger partial charge in [-0.3, -0.25) is 9.69 Å². The van der Waals surface area contributed by atoms with Gasteiger partial charge in [-0.05, 0) is 36.2 Å². The van der Waals surface area contributed by atoms with Gasteiger partial charge in [0.1, 0.15) is 0 Å². The van der Waals surface area contributed by atoms with Crippen LogP contribution in [0.4, 0.5) is 0 Å². The molecule has 0 spiro atoms. The van der Waals surface area contributed by atoms with Crippen molar-refractivity contribution >= 4 is 44.7 Å². The Morgan fingerprint density at radius 2 is 2.19 bits per heavy atom. The van der Waals surface area contributed by atoms with Crippen LogP contribution in [-0.2, 0) is 6.54 Å². The number of benzene rings is 1. The fraction of sp³-hybridized carbons (Fsp3) is 0.312. The van der Waals surface area contributed by atoms with Crippen LogP contribution < -0.4 is 0 Å². The maximum atomic E-state index is 12.3. The van der Waals surface area contributed by atoms with E-state index < -0.39 is 0 Å². The van der Waals surface area contributed by atoms with E-state index in [0.29, 0.717) is 17.0 Å². The van der Waals surface area contributed by atoms with Crippen LogP contribution in [0.25, 0.3) is 0 Å². The van der Waals surface area contributed by atoms with Gasteiger partial charge in [0.05, 0.1) is 5.02 Å². The molecule has 0 N–H and O–H groups in total. The summed E-state index contributed by atoms with van der Waals surface area (Å²) in [6, 6.07) is 9.58. The summed E-state index contributed by atoms with van der Waals surface area (Å²) in [6.07, 6.45) is 0.487. The quantitative estimate of drug-likeness (QED) is 0.605. The van der Waals surface area contributed by atoms with Crippen molar-refractivity contribution in [2.45, 2.75) is 19.9 Å². The van der Waals surface area contributed by atoms with Gasteiger partial charge in [-0.25, -0.2) is 0 Å². The van der Waals surface area contributed by atoms with E-state index in [2.05, 4.69) is 45.3 Å². The Hall–Kier alpha value is -0.680. The number of thiophene rings is 1. The first-order valence-corrected chi connectivity index (χ1v) is 8.88. The van der Waals surface area contributed by atoms with Gasteiger partial charge in [0.2, 0.25) is 0 Å². The molecule has 0 unspecified atom stereocenters. The molecule has 2 aromatic rings. The Morgan fingerprint density at radius 1 is 1.38 bits per heavy atom. The Balaban J connectivity index is 1.92. The van der Waals surface area contributed by atoms with E-state index >= 15 is 0 Å². The molecule has 1 heterocycles. The molecule has 2 rings (SSSR count). The topological polar surface area (TPSA) is 20.3 Å². The molecule has 0 fully saturated rings. The number of carbonyl (C=O) groups excluding carboxylic acids is 1. The molecule has 0 radical (unpaired) electrons. The predicted molar refractivity (Wildman–Crippen MR) is 93.4 cm³/mol. The Bertz CT molecular complexity index is 600.